The van der Waals surface area contributed by atoms with Gasteiger partial charge in [-0.1, -0.05) is 18.2 Å². The van der Waals surface area contributed by atoms with Crippen molar-refractivity contribution >= 4 is 45.8 Å². The molecule has 1 unspecified atom stereocenters. The molecular formula is C20H19FIN3O2. The number of allylic oxidation sites excluding steroid dienone is 3. The lowest BCUT2D eigenvalue weighted by Crippen LogP contribution is -2.20. The first-order valence-corrected chi connectivity index (χ1v) is 9.66. The van der Waals surface area contributed by atoms with Crippen molar-refractivity contribution in [2.45, 2.75) is 23.6 Å². The summed E-state index contributed by atoms with van der Waals surface area (Å²) in [7, 11) is 0. The first-order chi connectivity index (χ1) is 12.9. The summed E-state index contributed by atoms with van der Waals surface area (Å²) in [5.41, 5.74) is 3.79. The number of hydrogen-bond acceptors (Lipinski definition) is 5. The fourth-order valence-corrected chi connectivity index (χ4v) is 3.22. The summed E-state index contributed by atoms with van der Waals surface area (Å²) in [4.78, 5) is 12.5. The van der Waals surface area contributed by atoms with Crippen molar-refractivity contribution in [3.05, 3.63) is 47.1 Å². The average Bonchev–Trinajstić information content (AvgIpc) is 2.64. The number of hydrogen-bond donors (Lipinski definition) is 2. The van der Waals surface area contributed by atoms with Gasteiger partial charge in [-0.05, 0) is 30.6 Å². The van der Waals surface area contributed by atoms with Gasteiger partial charge in [-0.3, -0.25) is 4.79 Å². The number of fused-ring (bicyclic) bond motifs is 1. The topological polar surface area (TPSA) is 74.1 Å². The number of halogens is 2. The summed E-state index contributed by atoms with van der Waals surface area (Å²) >= 11 is 1.58. The van der Waals surface area contributed by atoms with E-state index in [0.717, 1.165) is 11.3 Å². The van der Waals surface area contributed by atoms with Crippen LogP contribution in [0.1, 0.15) is 25.3 Å². The minimum Gasteiger partial charge on any atom is -0.449 e. The van der Waals surface area contributed by atoms with Crippen molar-refractivity contribution in [1.82, 2.24) is 0 Å². The summed E-state index contributed by atoms with van der Waals surface area (Å²) < 4.78 is 17.4. The highest BCUT2D eigenvalue weighted by Crippen LogP contribution is 2.37. The quantitative estimate of drug-likeness (QED) is 0.456. The molecule has 140 valence electrons. The van der Waals surface area contributed by atoms with Crippen molar-refractivity contribution < 1.29 is 13.9 Å². The summed E-state index contributed by atoms with van der Waals surface area (Å²) in [5, 5.41) is 15.3. The molecular weight excluding hydrogens is 460 g/mol. The Kier molecular flexibility index (Phi) is 5.85. The number of anilines is 2. The van der Waals surface area contributed by atoms with Crippen LogP contribution in [0.3, 0.4) is 0 Å². The van der Waals surface area contributed by atoms with Crippen molar-refractivity contribution in [3.8, 4) is 11.8 Å². The number of rotatable bonds is 6. The van der Waals surface area contributed by atoms with Crippen molar-refractivity contribution in [1.29, 1.82) is 5.26 Å². The van der Waals surface area contributed by atoms with Gasteiger partial charge in [-0.15, -0.1) is 0 Å². The maximum atomic E-state index is 13.9. The van der Waals surface area contributed by atoms with Gasteiger partial charge in [0, 0.05) is 53.3 Å². The van der Waals surface area contributed by atoms with E-state index in [0.29, 0.717) is 42.0 Å². The standard InChI is InChI=1S/C20H19FIN3O2/c1-20(21,22)27-16-9-15-3-2-8-24-19(15)17(10-16)25-12-18(26)14-6-4-13(11-23)5-7-14/h2-4,6,9-10,24-25H,5,7-8,12H2,1H3. The fraction of sp³-hybridized carbons (Fsp3) is 0.300. The molecule has 27 heavy (non-hydrogen) atoms. The number of benzene rings is 1. The second kappa shape index (κ2) is 8.13. The molecule has 0 aromatic heterocycles. The molecule has 2 aliphatic rings. The Bertz CT molecular complexity index is 892. The van der Waals surface area contributed by atoms with Crippen molar-refractivity contribution in [2.24, 2.45) is 0 Å². The van der Waals surface area contributed by atoms with Crippen LogP contribution in [0.15, 0.2) is 41.5 Å². The number of ketones is 1. The van der Waals surface area contributed by atoms with E-state index in [9.17, 15) is 9.18 Å². The zero-order valence-electron chi connectivity index (χ0n) is 14.8. The Morgan fingerprint density at radius 1 is 1.44 bits per heavy atom. The Balaban J connectivity index is 1.78. The van der Waals surface area contributed by atoms with Crippen LogP contribution in [0.2, 0.25) is 0 Å². The van der Waals surface area contributed by atoms with Crippen LogP contribution in [0, 0.1) is 11.3 Å². The minimum absolute atomic E-state index is 0.0288. The van der Waals surface area contributed by atoms with E-state index in [1.54, 1.807) is 46.9 Å². The Labute approximate surface area is 171 Å². The highest BCUT2D eigenvalue weighted by Gasteiger charge is 2.22. The van der Waals surface area contributed by atoms with Crippen LogP contribution in [0.4, 0.5) is 15.8 Å². The van der Waals surface area contributed by atoms with E-state index in [-0.39, 0.29) is 12.3 Å². The van der Waals surface area contributed by atoms with Crippen molar-refractivity contribution in [2.75, 3.05) is 23.7 Å². The fourth-order valence-electron chi connectivity index (χ4n) is 2.97. The lowest BCUT2D eigenvalue weighted by atomic mass is 9.96. The van der Waals surface area contributed by atoms with Gasteiger partial charge in [0.05, 0.1) is 24.0 Å². The molecule has 7 heteroatoms. The zero-order chi connectivity index (χ0) is 19.4. The third kappa shape index (κ3) is 5.10. The van der Waals surface area contributed by atoms with Crippen LogP contribution in [0.5, 0.6) is 5.75 Å². The first kappa shape index (κ1) is 19.4. The molecule has 0 bridgehead atoms. The molecule has 1 heterocycles. The molecule has 2 N–H and O–H groups in total. The number of carbonyl (C=O) groups excluding carboxylic acids is 1. The number of alkyl halides is 2. The Morgan fingerprint density at radius 3 is 2.93 bits per heavy atom. The minimum atomic E-state index is -1.83. The molecule has 1 atom stereocenters. The molecule has 3 rings (SSSR count). The molecule has 1 aromatic carbocycles. The summed E-state index contributed by atoms with van der Waals surface area (Å²) in [5.74, 6) is 0.355. The molecule has 1 aromatic rings. The molecule has 0 fully saturated rings. The molecule has 0 spiro atoms. The number of carbonyl (C=O) groups is 1. The third-order valence-electron chi connectivity index (χ3n) is 4.22. The van der Waals surface area contributed by atoms with Gasteiger partial charge in [0.25, 0.3) is 3.86 Å². The summed E-state index contributed by atoms with van der Waals surface area (Å²) in [6.45, 7) is 2.12. The highest BCUT2D eigenvalue weighted by molar-refractivity contribution is 14.1. The van der Waals surface area contributed by atoms with Gasteiger partial charge < -0.3 is 15.4 Å². The third-order valence-corrected chi connectivity index (χ3v) is 4.44. The maximum absolute atomic E-state index is 13.9. The average molecular weight is 479 g/mol. The first-order valence-electron chi connectivity index (χ1n) is 8.58. The molecule has 0 saturated heterocycles. The lowest BCUT2D eigenvalue weighted by Gasteiger charge is -2.22. The van der Waals surface area contributed by atoms with Gasteiger partial charge in [-0.2, -0.15) is 9.65 Å². The van der Waals surface area contributed by atoms with E-state index in [1.165, 1.54) is 6.92 Å². The van der Waals surface area contributed by atoms with E-state index in [1.807, 2.05) is 12.2 Å². The molecule has 1 aliphatic carbocycles. The number of Topliss-reactive ketones (excluding diaryl/α,β-unsaturated/α-hetero) is 1. The van der Waals surface area contributed by atoms with E-state index < -0.39 is 3.86 Å². The summed E-state index contributed by atoms with van der Waals surface area (Å²) in [6, 6.07) is 5.57. The van der Waals surface area contributed by atoms with Crippen molar-refractivity contribution in [3.63, 3.8) is 0 Å². The number of nitrogens with zero attached hydrogens (tertiary/aromatic N) is 1. The number of nitrogens with one attached hydrogen (secondary N) is 2. The summed E-state index contributed by atoms with van der Waals surface area (Å²) in [6.07, 6.45) is 8.47. The van der Waals surface area contributed by atoms with Crippen LogP contribution in [0.25, 0.3) is 6.08 Å². The molecule has 1 aliphatic heterocycles. The Hall–Kier alpha value is -2.34. The maximum Gasteiger partial charge on any atom is 0.295 e. The Morgan fingerprint density at radius 2 is 2.26 bits per heavy atom. The van der Waals surface area contributed by atoms with Crippen LogP contribution in [-0.2, 0) is 4.79 Å². The second-order valence-corrected chi connectivity index (χ2v) is 8.33. The molecule has 0 radical (unpaired) electrons. The van der Waals surface area contributed by atoms with Gasteiger partial charge in [0.1, 0.15) is 5.75 Å². The molecule has 5 nitrogen and oxygen atoms in total. The van der Waals surface area contributed by atoms with Gasteiger partial charge in [-0.25, -0.2) is 0 Å². The van der Waals surface area contributed by atoms with E-state index >= 15 is 0 Å². The zero-order valence-corrected chi connectivity index (χ0v) is 17.0. The predicted octanol–water partition coefficient (Wildman–Crippen LogP) is 4.73. The number of nitriles is 1. The number of ether oxygens (including phenoxy) is 1. The SMILES string of the molecule is CC(F)(I)Oc1cc2c(c(NCC(=O)C3=CC=C(C#N)CC3)c1)NCC=C2. The van der Waals surface area contributed by atoms with Gasteiger partial charge in [0.15, 0.2) is 5.78 Å². The van der Waals surface area contributed by atoms with Gasteiger partial charge in [0.2, 0.25) is 0 Å². The highest BCUT2D eigenvalue weighted by atomic mass is 127. The van der Waals surface area contributed by atoms with E-state index in [4.69, 9.17) is 10.00 Å². The normalized spacial score (nSPS) is 17.4. The second-order valence-electron chi connectivity index (χ2n) is 6.40. The molecule has 0 amide bonds. The lowest BCUT2D eigenvalue weighted by molar-refractivity contribution is -0.114. The monoisotopic (exact) mass is 479 g/mol. The smallest absolute Gasteiger partial charge is 0.295 e. The van der Waals surface area contributed by atoms with Crippen LogP contribution in [-0.4, -0.2) is 22.7 Å². The van der Waals surface area contributed by atoms with Gasteiger partial charge >= 0.3 is 0 Å². The van der Waals surface area contributed by atoms with Crippen LogP contribution < -0.4 is 15.4 Å². The van der Waals surface area contributed by atoms with Crippen LogP contribution >= 0.6 is 22.6 Å². The van der Waals surface area contributed by atoms with E-state index in [2.05, 4.69) is 16.7 Å². The predicted molar refractivity (Wildman–Crippen MR) is 113 cm³/mol. The molecule has 0 saturated carbocycles. The largest absolute Gasteiger partial charge is 0.449 e.